The summed E-state index contributed by atoms with van der Waals surface area (Å²) in [7, 11) is 1.87. The molecule has 1 aromatic carbocycles. The van der Waals surface area contributed by atoms with Gasteiger partial charge in [0.1, 0.15) is 4.83 Å². The molecule has 1 atom stereocenters. The summed E-state index contributed by atoms with van der Waals surface area (Å²) in [6.07, 6.45) is 0. The predicted octanol–water partition coefficient (Wildman–Crippen LogP) is 3.81. The smallest absolute Gasteiger partial charge is 0.261 e. The molecule has 5 nitrogen and oxygen atoms in total. The minimum atomic E-state index is -0.0663. The van der Waals surface area contributed by atoms with Crippen LogP contribution in [0.2, 0.25) is 5.02 Å². The van der Waals surface area contributed by atoms with E-state index in [9.17, 15) is 4.79 Å². The molecule has 0 aliphatic carbocycles. The van der Waals surface area contributed by atoms with Crippen LogP contribution in [-0.2, 0) is 0 Å². The fraction of sp³-hybridized carbons (Fsp3) is 0.294. The summed E-state index contributed by atoms with van der Waals surface area (Å²) in [5, 5.41) is 12.2. The van der Waals surface area contributed by atoms with Gasteiger partial charge in [0.2, 0.25) is 0 Å². The zero-order valence-electron chi connectivity index (χ0n) is 14.2. The number of amides is 1. The highest BCUT2D eigenvalue weighted by molar-refractivity contribution is 7.20. The number of benzene rings is 1. The topological polar surface area (TPSA) is 58.9 Å². The highest BCUT2D eigenvalue weighted by atomic mass is 35.5. The molecule has 134 valence electrons. The third-order valence-corrected chi connectivity index (χ3v) is 5.34. The fourth-order valence-electron chi connectivity index (χ4n) is 2.38. The van der Waals surface area contributed by atoms with Crippen molar-refractivity contribution in [3.8, 4) is 5.69 Å². The lowest BCUT2D eigenvalue weighted by atomic mass is 10.3. The first-order chi connectivity index (χ1) is 11.5. The summed E-state index contributed by atoms with van der Waals surface area (Å²) in [6, 6.07) is 9.68. The number of nitrogens with one attached hydrogen (secondary N) is 2. The first-order valence-electron chi connectivity index (χ1n) is 7.70. The second-order valence-electron chi connectivity index (χ2n) is 5.68. The first kappa shape index (κ1) is 19.7. The Balaban J connectivity index is 0.00000225. The maximum atomic E-state index is 12.4. The van der Waals surface area contributed by atoms with E-state index in [0.29, 0.717) is 16.4 Å². The number of rotatable bonds is 5. The number of hydrogen-bond donors (Lipinski definition) is 2. The maximum absolute atomic E-state index is 12.4. The minimum absolute atomic E-state index is 0. The lowest BCUT2D eigenvalue weighted by Crippen LogP contribution is -2.36. The SMILES string of the molecule is CNC(C)CNC(=O)c1cc2c(C)nn(-c3ccccc3Cl)c2s1.Cl. The van der Waals surface area contributed by atoms with Crippen molar-refractivity contribution < 1.29 is 4.79 Å². The van der Waals surface area contributed by atoms with Gasteiger partial charge in [-0.3, -0.25) is 4.79 Å². The van der Waals surface area contributed by atoms with E-state index in [1.165, 1.54) is 11.3 Å². The number of carbonyl (C=O) groups is 1. The van der Waals surface area contributed by atoms with E-state index >= 15 is 0 Å². The van der Waals surface area contributed by atoms with Gasteiger partial charge in [-0.1, -0.05) is 23.7 Å². The van der Waals surface area contributed by atoms with Crippen LogP contribution >= 0.6 is 35.3 Å². The normalized spacial score (nSPS) is 12.0. The molecule has 0 aliphatic rings. The van der Waals surface area contributed by atoms with E-state index in [1.807, 2.05) is 55.9 Å². The van der Waals surface area contributed by atoms with Crippen molar-refractivity contribution in [3.63, 3.8) is 0 Å². The molecule has 3 rings (SSSR count). The Kier molecular flexibility index (Phi) is 6.46. The van der Waals surface area contributed by atoms with E-state index in [1.54, 1.807) is 0 Å². The minimum Gasteiger partial charge on any atom is -0.350 e. The average Bonchev–Trinajstić information content (AvgIpc) is 3.14. The van der Waals surface area contributed by atoms with E-state index in [4.69, 9.17) is 11.6 Å². The zero-order valence-corrected chi connectivity index (χ0v) is 16.6. The highest BCUT2D eigenvalue weighted by Crippen LogP contribution is 2.32. The number of carbonyl (C=O) groups excluding carboxylic acids is 1. The monoisotopic (exact) mass is 398 g/mol. The molecule has 2 N–H and O–H groups in total. The Morgan fingerprint density at radius 2 is 2.12 bits per heavy atom. The van der Waals surface area contributed by atoms with Gasteiger partial charge in [0, 0.05) is 18.0 Å². The number of halogens is 2. The Labute approximate surface area is 161 Å². The third-order valence-electron chi connectivity index (χ3n) is 3.91. The van der Waals surface area contributed by atoms with Crippen LogP contribution in [0.1, 0.15) is 22.3 Å². The molecule has 0 fully saturated rings. The van der Waals surface area contributed by atoms with E-state index in [2.05, 4.69) is 15.7 Å². The van der Waals surface area contributed by atoms with Crippen molar-refractivity contribution in [2.75, 3.05) is 13.6 Å². The van der Waals surface area contributed by atoms with Crippen LogP contribution in [-0.4, -0.2) is 35.3 Å². The molecule has 25 heavy (non-hydrogen) atoms. The second-order valence-corrected chi connectivity index (χ2v) is 7.12. The maximum Gasteiger partial charge on any atom is 0.261 e. The molecular weight excluding hydrogens is 379 g/mol. The molecule has 1 unspecified atom stereocenters. The van der Waals surface area contributed by atoms with E-state index in [0.717, 1.165) is 21.6 Å². The van der Waals surface area contributed by atoms with Crippen LogP contribution in [0.25, 0.3) is 15.9 Å². The number of hydrogen-bond acceptors (Lipinski definition) is 4. The molecular formula is C17H20Cl2N4OS. The Morgan fingerprint density at radius 1 is 1.40 bits per heavy atom. The van der Waals surface area contributed by atoms with E-state index < -0.39 is 0 Å². The number of para-hydroxylation sites is 1. The molecule has 8 heteroatoms. The summed E-state index contributed by atoms with van der Waals surface area (Å²) in [6.45, 7) is 4.54. The summed E-state index contributed by atoms with van der Waals surface area (Å²) < 4.78 is 1.81. The van der Waals surface area contributed by atoms with Crippen molar-refractivity contribution in [3.05, 3.63) is 45.9 Å². The number of thiophene rings is 1. The molecule has 0 saturated carbocycles. The van der Waals surface area contributed by atoms with Gasteiger partial charge in [0.15, 0.2) is 0 Å². The quantitative estimate of drug-likeness (QED) is 0.686. The molecule has 0 spiro atoms. The van der Waals surface area contributed by atoms with Crippen LogP contribution in [0.4, 0.5) is 0 Å². The van der Waals surface area contributed by atoms with Crippen molar-refractivity contribution in [2.24, 2.45) is 0 Å². The number of nitrogens with zero attached hydrogens (tertiary/aromatic N) is 2. The van der Waals surface area contributed by atoms with Crippen molar-refractivity contribution in [2.45, 2.75) is 19.9 Å². The number of aryl methyl sites for hydroxylation is 1. The molecule has 3 aromatic rings. The molecule has 2 heterocycles. The van der Waals surface area contributed by atoms with Gasteiger partial charge in [-0.05, 0) is 39.1 Å². The zero-order chi connectivity index (χ0) is 17.3. The molecule has 0 radical (unpaired) electrons. The highest BCUT2D eigenvalue weighted by Gasteiger charge is 2.18. The van der Waals surface area contributed by atoms with Crippen LogP contribution < -0.4 is 10.6 Å². The Morgan fingerprint density at radius 3 is 2.80 bits per heavy atom. The number of likely N-dealkylation sites (N-methyl/N-ethyl adjacent to an activating group) is 1. The van der Waals surface area contributed by atoms with Crippen LogP contribution in [0.15, 0.2) is 30.3 Å². The second kappa shape index (κ2) is 8.19. The van der Waals surface area contributed by atoms with Gasteiger partial charge in [-0.2, -0.15) is 5.10 Å². The summed E-state index contributed by atoms with van der Waals surface area (Å²) >= 11 is 7.72. The largest absolute Gasteiger partial charge is 0.350 e. The van der Waals surface area contributed by atoms with E-state index in [-0.39, 0.29) is 24.4 Å². The van der Waals surface area contributed by atoms with Crippen molar-refractivity contribution in [1.82, 2.24) is 20.4 Å². The van der Waals surface area contributed by atoms with Gasteiger partial charge in [0.05, 0.1) is 21.3 Å². The third kappa shape index (κ3) is 3.98. The average molecular weight is 399 g/mol. The fourth-order valence-corrected chi connectivity index (χ4v) is 3.69. The van der Waals surface area contributed by atoms with Crippen LogP contribution in [0, 0.1) is 6.92 Å². The van der Waals surface area contributed by atoms with Crippen LogP contribution in [0.3, 0.4) is 0 Å². The van der Waals surface area contributed by atoms with Crippen molar-refractivity contribution >= 4 is 51.5 Å². The van der Waals surface area contributed by atoms with Gasteiger partial charge in [-0.25, -0.2) is 4.68 Å². The Hall–Kier alpha value is -1.60. The van der Waals surface area contributed by atoms with Gasteiger partial charge < -0.3 is 10.6 Å². The number of fused-ring (bicyclic) bond motifs is 1. The lowest BCUT2D eigenvalue weighted by molar-refractivity contribution is 0.0954. The predicted molar refractivity (Wildman–Crippen MR) is 107 cm³/mol. The van der Waals surface area contributed by atoms with Crippen molar-refractivity contribution in [1.29, 1.82) is 0 Å². The van der Waals surface area contributed by atoms with Gasteiger partial charge in [-0.15, -0.1) is 23.7 Å². The summed E-state index contributed by atoms with van der Waals surface area (Å²) in [5.74, 6) is -0.0663. The Bertz CT molecular complexity index is 890. The molecule has 0 aliphatic heterocycles. The molecule has 2 aromatic heterocycles. The summed E-state index contributed by atoms with van der Waals surface area (Å²) in [5.41, 5.74) is 1.69. The van der Waals surface area contributed by atoms with Gasteiger partial charge >= 0.3 is 0 Å². The molecule has 0 saturated heterocycles. The molecule has 1 amide bonds. The van der Waals surface area contributed by atoms with Gasteiger partial charge in [0.25, 0.3) is 5.91 Å². The standard InChI is InChI=1S/C17H19ClN4OS.ClH/c1-10(19-3)9-20-16(23)15-8-12-11(2)21-22(17(12)24-15)14-7-5-4-6-13(14)18;/h4-8,10,19H,9H2,1-3H3,(H,20,23);1H. The number of aromatic nitrogens is 2. The first-order valence-corrected chi connectivity index (χ1v) is 8.90. The lowest BCUT2D eigenvalue weighted by Gasteiger charge is -2.10. The molecule has 0 bridgehead atoms. The van der Waals surface area contributed by atoms with Crippen LogP contribution in [0.5, 0.6) is 0 Å². The summed E-state index contributed by atoms with van der Waals surface area (Å²) in [4.78, 5) is 14.0.